The van der Waals surface area contributed by atoms with Crippen molar-refractivity contribution < 1.29 is 19.2 Å². The van der Waals surface area contributed by atoms with E-state index in [9.17, 15) is 9.90 Å². The Morgan fingerprint density at radius 2 is 2.23 bits per heavy atom. The first-order valence-electron chi connectivity index (χ1n) is 8.89. The highest BCUT2D eigenvalue weighted by Gasteiger charge is 2.37. The van der Waals surface area contributed by atoms with Gasteiger partial charge in [-0.25, -0.2) is 0 Å². The quantitative estimate of drug-likeness (QED) is 0.879. The molecule has 0 unspecified atom stereocenters. The molecule has 2 heterocycles. The smallest absolute Gasteiger partial charge is 0.227 e. The highest BCUT2D eigenvalue weighted by molar-refractivity contribution is 5.79. The molecule has 1 N–H and O–H groups in total. The van der Waals surface area contributed by atoms with E-state index in [1.165, 1.54) is 0 Å². The molecule has 1 aliphatic rings. The lowest BCUT2D eigenvalue weighted by atomic mass is 9.88. The molecule has 7 nitrogen and oxygen atoms in total. The van der Waals surface area contributed by atoms with Gasteiger partial charge in [0.15, 0.2) is 0 Å². The zero-order valence-corrected chi connectivity index (χ0v) is 15.4. The first-order chi connectivity index (χ1) is 12.5. The molecule has 1 saturated carbocycles. The van der Waals surface area contributed by atoms with Crippen LogP contribution in [-0.4, -0.2) is 51.4 Å². The van der Waals surface area contributed by atoms with Crippen molar-refractivity contribution in [3.8, 4) is 5.75 Å². The van der Waals surface area contributed by atoms with Crippen molar-refractivity contribution in [2.45, 2.75) is 57.8 Å². The molecule has 1 fully saturated rings. The van der Waals surface area contributed by atoms with Gasteiger partial charge in [-0.3, -0.25) is 9.78 Å². The molecule has 7 heteroatoms. The third kappa shape index (κ3) is 3.88. The van der Waals surface area contributed by atoms with Gasteiger partial charge in [0, 0.05) is 18.8 Å². The Morgan fingerprint density at radius 3 is 2.88 bits per heavy atom. The molecule has 1 amide bonds. The molecule has 0 bridgehead atoms. The summed E-state index contributed by atoms with van der Waals surface area (Å²) in [5, 5.41) is 14.7. The minimum Gasteiger partial charge on any atom is -0.486 e. The number of aromatic nitrogens is 2. The lowest BCUT2D eigenvalue weighted by Gasteiger charge is -2.39. The minimum absolute atomic E-state index is 0.0644. The van der Waals surface area contributed by atoms with Crippen LogP contribution in [0.5, 0.6) is 5.75 Å². The Morgan fingerprint density at radius 1 is 1.42 bits per heavy atom. The fourth-order valence-corrected chi connectivity index (χ4v) is 3.48. The van der Waals surface area contributed by atoms with E-state index >= 15 is 0 Å². The number of aliphatic hydroxyl groups excluding tert-OH is 1. The Balaban J connectivity index is 1.66. The molecule has 1 aliphatic carbocycles. The molecule has 0 radical (unpaired) electrons. The second kappa shape index (κ2) is 7.86. The number of carbonyl (C=O) groups excluding carboxylic acids is 1. The van der Waals surface area contributed by atoms with E-state index in [0.29, 0.717) is 11.5 Å². The lowest BCUT2D eigenvalue weighted by Crippen LogP contribution is -2.53. The molecule has 0 aromatic carbocycles. The van der Waals surface area contributed by atoms with Gasteiger partial charge in [0.05, 0.1) is 24.4 Å². The molecule has 3 atom stereocenters. The Hall–Kier alpha value is -2.41. The van der Waals surface area contributed by atoms with E-state index in [-0.39, 0.29) is 24.5 Å². The van der Waals surface area contributed by atoms with Crippen LogP contribution < -0.4 is 4.74 Å². The second-order valence-electron chi connectivity index (χ2n) is 6.82. The maximum Gasteiger partial charge on any atom is 0.227 e. The molecule has 2 aromatic heterocycles. The summed E-state index contributed by atoms with van der Waals surface area (Å²) in [4.78, 5) is 18.4. The van der Waals surface area contributed by atoms with Crippen LogP contribution >= 0.6 is 0 Å². The first-order valence-corrected chi connectivity index (χ1v) is 8.89. The van der Waals surface area contributed by atoms with Gasteiger partial charge in [0.2, 0.25) is 5.91 Å². The summed E-state index contributed by atoms with van der Waals surface area (Å²) in [6.45, 7) is 3.63. The predicted molar refractivity (Wildman–Crippen MR) is 94.7 cm³/mol. The number of nitrogens with zero attached hydrogens (tertiary/aromatic N) is 3. The van der Waals surface area contributed by atoms with Crippen molar-refractivity contribution in [1.82, 2.24) is 15.0 Å². The third-order valence-corrected chi connectivity index (χ3v) is 5.09. The van der Waals surface area contributed by atoms with Crippen LogP contribution in [0.15, 0.2) is 29.0 Å². The summed E-state index contributed by atoms with van der Waals surface area (Å²) >= 11 is 0. The fourth-order valence-electron chi connectivity index (χ4n) is 3.48. The van der Waals surface area contributed by atoms with Gasteiger partial charge in [-0.2, -0.15) is 0 Å². The van der Waals surface area contributed by atoms with Crippen LogP contribution in [0.25, 0.3) is 0 Å². The van der Waals surface area contributed by atoms with Crippen LogP contribution in [-0.2, 0) is 11.2 Å². The molecule has 140 valence electrons. The van der Waals surface area contributed by atoms with E-state index < -0.39 is 6.10 Å². The van der Waals surface area contributed by atoms with Crippen molar-refractivity contribution in [3.63, 3.8) is 0 Å². The topological polar surface area (TPSA) is 88.7 Å². The van der Waals surface area contributed by atoms with Crippen LogP contribution in [0.3, 0.4) is 0 Å². The SMILES string of the molecule is Cc1noc(C)c1CC(=O)N(C)[C@@H]1CCC[C@@H](Oc2cccnc2)[C@@H]1O. The van der Waals surface area contributed by atoms with Gasteiger partial charge in [-0.15, -0.1) is 0 Å². The van der Waals surface area contributed by atoms with Crippen LogP contribution in [0, 0.1) is 13.8 Å². The summed E-state index contributed by atoms with van der Waals surface area (Å²) < 4.78 is 11.0. The van der Waals surface area contributed by atoms with E-state index in [1.807, 2.05) is 13.0 Å². The number of likely N-dealkylation sites (N-methyl/N-ethyl adjacent to an activating group) is 1. The molecule has 0 spiro atoms. The van der Waals surface area contributed by atoms with Gasteiger partial charge in [-0.05, 0) is 45.2 Å². The van der Waals surface area contributed by atoms with Crippen LogP contribution in [0.4, 0.5) is 0 Å². The Kier molecular flexibility index (Phi) is 5.56. The van der Waals surface area contributed by atoms with E-state index in [4.69, 9.17) is 9.26 Å². The highest BCUT2D eigenvalue weighted by atomic mass is 16.5. The summed E-state index contributed by atoms with van der Waals surface area (Å²) in [7, 11) is 1.74. The largest absolute Gasteiger partial charge is 0.486 e. The summed E-state index contributed by atoms with van der Waals surface area (Å²) in [5.41, 5.74) is 1.54. The van der Waals surface area contributed by atoms with Crippen LogP contribution in [0.2, 0.25) is 0 Å². The summed E-state index contributed by atoms with van der Waals surface area (Å²) in [5.74, 6) is 1.22. The highest BCUT2D eigenvalue weighted by Crippen LogP contribution is 2.27. The van der Waals surface area contributed by atoms with Gasteiger partial charge >= 0.3 is 0 Å². The van der Waals surface area contributed by atoms with Crippen molar-refractivity contribution in [3.05, 3.63) is 41.5 Å². The number of hydrogen-bond acceptors (Lipinski definition) is 6. The number of aliphatic hydroxyl groups is 1. The fraction of sp³-hybridized carbons (Fsp3) is 0.526. The van der Waals surface area contributed by atoms with Crippen LogP contribution in [0.1, 0.15) is 36.3 Å². The summed E-state index contributed by atoms with van der Waals surface area (Å²) in [6.07, 6.45) is 4.80. The maximum atomic E-state index is 12.7. The first kappa shape index (κ1) is 18.4. The zero-order valence-electron chi connectivity index (χ0n) is 15.4. The van der Waals surface area contributed by atoms with Crippen molar-refractivity contribution in [2.75, 3.05) is 7.05 Å². The number of pyridine rings is 1. The predicted octanol–water partition coefficient (Wildman–Crippen LogP) is 2.05. The number of hydrogen-bond donors (Lipinski definition) is 1. The molecular formula is C19H25N3O4. The second-order valence-corrected chi connectivity index (χ2v) is 6.82. The minimum atomic E-state index is -0.748. The van der Waals surface area contributed by atoms with Crippen molar-refractivity contribution in [1.29, 1.82) is 0 Å². The van der Waals surface area contributed by atoms with E-state index in [1.54, 1.807) is 37.3 Å². The summed E-state index contributed by atoms with van der Waals surface area (Å²) in [6, 6.07) is 3.33. The average Bonchev–Trinajstić information content (AvgIpc) is 2.95. The zero-order chi connectivity index (χ0) is 18.7. The standard InChI is InChI=1S/C19H25N3O4/c1-12-15(13(2)26-21-12)10-18(23)22(3)16-7-4-8-17(19(16)24)25-14-6-5-9-20-11-14/h5-6,9,11,16-17,19,24H,4,7-8,10H2,1-3H3/t16-,17-,19-/m1/s1. The van der Waals surface area contributed by atoms with Crippen molar-refractivity contribution >= 4 is 5.91 Å². The number of carbonyl (C=O) groups is 1. The monoisotopic (exact) mass is 359 g/mol. The number of amides is 1. The van der Waals surface area contributed by atoms with E-state index in [0.717, 1.165) is 30.5 Å². The van der Waals surface area contributed by atoms with Crippen molar-refractivity contribution in [2.24, 2.45) is 0 Å². The number of rotatable bonds is 5. The van der Waals surface area contributed by atoms with Gasteiger partial charge in [0.25, 0.3) is 0 Å². The molecule has 0 saturated heterocycles. The lowest BCUT2D eigenvalue weighted by molar-refractivity contribution is -0.137. The Labute approximate surface area is 153 Å². The molecule has 2 aromatic rings. The van der Waals surface area contributed by atoms with Gasteiger partial charge in [0.1, 0.15) is 23.7 Å². The van der Waals surface area contributed by atoms with Gasteiger partial charge in [-0.1, -0.05) is 5.16 Å². The molecular weight excluding hydrogens is 334 g/mol. The molecule has 3 rings (SSSR count). The molecule has 0 aliphatic heterocycles. The number of ether oxygens (including phenoxy) is 1. The normalized spacial score (nSPS) is 22.8. The van der Waals surface area contributed by atoms with Gasteiger partial charge < -0.3 is 19.3 Å². The average molecular weight is 359 g/mol. The maximum absolute atomic E-state index is 12.7. The van der Waals surface area contributed by atoms with E-state index in [2.05, 4.69) is 10.1 Å². The number of aryl methyl sites for hydroxylation is 2. The Bertz CT molecular complexity index is 727. The molecule has 26 heavy (non-hydrogen) atoms. The third-order valence-electron chi connectivity index (χ3n) is 5.09.